The molecule has 1 aromatic carbocycles. The number of alkyl carbamates (subject to hydrolysis) is 1. The Labute approximate surface area is 195 Å². The van der Waals surface area contributed by atoms with E-state index < -0.39 is 80.7 Å². The Hall–Kier alpha value is -1.91. The van der Waals surface area contributed by atoms with Gasteiger partial charge in [-0.3, -0.25) is 0 Å². The molecule has 192 valence electrons. The van der Waals surface area contributed by atoms with Crippen molar-refractivity contribution in [1.82, 2.24) is 5.32 Å². The maximum absolute atomic E-state index is 12.3. The van der Waals surface area contributed by atoms with Gasteiger partial charge in [0.1, 0.15) is 55.4 Å². The Morgan fingerprint density at radius 3 is 2.21 bits per heavy atom. The first-order valence-electron chi connectivity index (χ1n) is 10.7. The minimum atomic E-state index is -1.60. The van der Waals surface area contributed by atoms with E-state index in [9.17, 15) is 35.4 Å². The van der Waals surface area contributed by atoms with E-state index in [0.29, 0.717) is 0 Å². The lowest BCUT2D eigenvalue weighted by Crippen LogP contribution is -2.65. The number of nitrogens with one attached hydrogen (secondary N) is 1. The Bertz CT molecular complexity index is 767. The lowest BCUT2D eigenvalue weighted by Gasteiger charge is -2.43. The number of carbonyl (C=O) groups is 1. The van der Waals surface area contributed by atoms with Gasteiger partial charge in [-0.1, -0.05) is 30.3 Å². The molecule has 3 rings (SSSR count). The summed E-state index contributed by atoms with van der Waals surface area (Å²) in [7, 11) is 1.24. The Balaban J connectivity index is 1.65. The molecule has 0 bridgehead atoms. The number of aliphatic hydroxyl groups excluding tert-OH is 6. The molecule has 0 unspecified atom stereocenters. The number of amides is 1. The summed E-state index contributed by atoms with van der Waals surface area (Å²) >= 11 is 0. The SMILES string of the molecule is CO[C@H]1O[C@H](CO[C@@H]2O[C@H](CO)[C@@H](O)[C@H](O)[C@H]2NC(=O)OCc2ccccc2)[C@@H](O)[C@H](O)[C@H]1O. The molecule has 0 aliphatic carbocycles. The summed E-state index contributed by atoms with van der Waals surface area (Å²) < 4.78 is 26.5. The molecule has 2 fully saturated rings. The molecule has 1 aromatic rings. The minimum absolute atomic E-state index is 0.0512. The first-order valence-corrected chi connectivity index (χ1v) is 10.7. The number of hydrogen-bond donors (Lipinski definition) is 7. The number of ether oxygens (including phenoxy) is 5. The summed E-state index contributed by atoms with van der Waals surface area (Å²) in [6.45, 7) is -1.12. The Morgan fingerprint density at radius 2 is 1.56 bits per heavy atom. The third-order valence-corrected chi connectivity index (χ3v) is 5.70. The van der Waals surface area contributed by atoms with Crippen LogP contribution in [-0.4, -0.2) is 118 Å². The van der Waals surface area contributed by atoms with Crippen LogP contribution < -0.4 is 5.32 Å². The standard InChI is InChI=1S/C21H31NO12/c1-30-20-18(28)17(27)15(25)12(34-20)9-31-19-13(16(26)14(24)11(7-23)33-19)22-21(29)32-8-10-5-3-2-4-6-10/h2-6,11-20,23-28H,7-9H2,1H3,(H,22,29)/t11-,12-,13-,14-,15-,16-,17+,18-,19-,20+/m1/s1. The summed E-state index contributed by atoms with van der Waals surface area (Å²) in [5.41, 5.74) is 0.725. The molecule has 0 spiro atoms. The predicted molar refractivity (Wildman–Crippen MR) is 111 cm³/mol. The topological polar surface area (TPSA) is 197 Å². The zero-order valence-electron chi connectivity index (χ0n) is 18.4. The molecule has 2 saturated heterocycles. The lowest BCUT2D eigenvalue weighted by molar-refractivity contribution is -0.316. The maximum atomic E-state index is 12.3. The third-order valence-electron chi connectivity index (χ3n) is 5.70. The second-order valence-electron chi connectivity index (χ2n) is 8.02. The van der Waals surface area contributed by atoms with E-state index in [1.54, 1.807) is 24.3 Å². The van der Waals surface area contributed by atoms with Crippen LogP contribution in [0.25, 0.3) is 0 Å². The van der Waals surface area contributed by atoms with Gasteiger partial charge in [-0.05, 0) is 5.56 Å². The van der Waals surface area contributed by atoms with Crippen molar-refractivity contribution in [2.24, 2.45) is 0 Å². The molecule has 7 N–H and O–H groups in total. The molecule has 34 heavy (non-hydrogen) atoms. The van der Waals surface area contributed by atoms with Crippen molar-refractivity contribution in [2.45, 2.75) is 68.0 Å². The molecular formula is C21H31NO12. The molecule has 13 nitrogen and oxygen atoms in total. The predicted octanol–water partition coefficient (Wildman–Crippen LogP) is -2.81. The minimum Gasteiger partial charge on any atom is -0.445 e. The molecule has 2 heterocycles. The van der Waals surface area contributed by atoms with Crippen LogP contribution in [0.2, 0.25) is 0 Å². The van der Waals surface area contributed by atoms with Crippen molar-refractivity contribution < 1.29 is 59.1 Å². The van der Waals surface area contributed by atoms with Gasteiger partial charge in [0.2, 0.25) is 0 Å². The van der Waals surface area contributed by atoms with Gasteiger partial charge in [0.15, 0.2) is 12.6 Å². The second kappa shape index (κ2) is 12.2. The summed E-state index contributed by atoms with van der Waals surface area (Å²) in [5.74, 6) is 0. The Morgan fingerprint density at radius 1 is 0.912 bits per heavy atom. The number of carbonyl (C=O) groups excluding carboxylic acids is 1. The van der Waals surface area contributed by atoms with Gasteiger partial charge in [-0.25, -0.2) is 4.79 Å². The number of rotatable bonds is 8. The van der Waals surface area contributed by atoms with E-state index in [4.69, 9.17) is 23.7 Å². The van der Waals surface area contributed by atoms with Gasteiger partial charge >= 0.3 is 6.09 Å². The molecule has 0 saturated carbocycles. The lowest BCUT2D eigenvalue weighted by atomic mass is 9.97. The van der Waals surface area contributed by atoms with E-state index in [1.165, 1.54) is 7.11 Å². The largest absolute Gasteiger partial charge is 0.445 e. The van der Waals surface area contributed by atoms with Gasteiger partial charge in [0.25, 0.3) is 0 Å². The number of methoxy groups -OCH3 is 1. The zero-order valence-corrected chi connectivity index (χ0v) is 18.4. The van der Waals surface area contributed by atoms with Gasteiger partial charge in [-0.15, -0.1) is 0 Å². The molecule has 2 aliphatic rings. The molecule has 0 radical (unpaired) electrons. The average molecular weight is 489 g/mol. The molecular weight excluding hydrogens is 458 g/mol. The van der Waals surface area contributed by atoms with E-state index >= 15 is 0 Å². The molecule has 1 amide bonds. The summed E-state index contributed by atoms with van der Waals surface area (Å²) in [6, 6.07) is 7.54. The van der Waals surface area contributed by atoms with Crippen molar-refractivity contribution in [2.75, 3.05) is 20.3 Å². The molecule has 10 atom stereocenters. The highest BCUT2D eigenvalue weighted by atomic mass is 16.7. The molecule has 13 heteroatoms. The molecule has 2 aliphatic heterocycles. The normalized spacial score (nSPS) is 38.3. The van der Waals surface area contributed by atoms with E-state index in [-0.39, 0.29) is 6.61 Å². The first kappa shape index (κ1) is 26.7. The van der Waals surface area contributed by atoms with Crippen LogP contribution >= 0.6 is 0 Å². The monoisotopic (exact) mass is 489 g/mol. The van der Waals surface area contributed by atoms with Gasteiger partial charge in [0.05, 0.1) is 13.2 Å². The summed E-state index contributed by atoms with van der Waals surface area (Å²) in [6.07, 6.45) is -13.7. The maximum Gasteiger partial charge on any atom is 0.407 e. The van der Waals surface area contributed by atoms with Crippen LogP contribution in [0.1, 0.15) is 5.56 Å². The highest BCUT2D eigenvalue weighted by molar-refractivity contribution is 5.67. The van der Waals surface area contributed by atoms with Gasteiger partial charge in [0, 0.05) is 7.11 Å². The number of aliphatic hydroxyl groups is 6. The van der Waals surface area contributed by atoms with Crippen LogP contribution in [0.3, 0.4) is 0 Å². The van der Waals surface area contributed by atoms with Crippen LogP contribution in [-0.2, 0) is 30.3 Å². The van der Waals surface area contributed by atoms with E-state index in [0.717, 1.165) is 5.56 Å². The van der Waals surface area contributed by atoms with Crippen molar-refractivity contribution in [3.63, 3.8) is 0 Å². The third kappa shape index (κ3) is 6.20. The number of hydrogen-bond acceptors (Lipinski definition) is 12. The second-order valence-corrected chi connectivity index (χ2v) is 8.02. The van der Waals surface area contributed by atoms with E-state index in [1.807, 2.05) is 6.07 Å². The average Bonchev–Trinajstić information content (AvgIpc) is 2.85. The summed E-state index contributed by atoms with van der Waals surface area (Å²) in [5, 5.41) is 62.7. The van der Waals surface area contributed by atoms with Gasteiger partial charge < -0.3 is 59.6 Å². The zero-order chi connectivity index (χ0) is 24.8. The van der Waals surface area contributed by atoms with Crippen molar-refractivity contribution in [1.29, 1.82) is 0 Å². The fourth-order valence-electron chi connectivity index (χ4n) is 3.72. The van der Waals surface area contributed by atoms with Crippen molar-refractivity contribution in [3.05, 3.63) is 35.9 Å². The highest BCUT2D eigenvalue weighted by Crippen LogP contribution is 2.26. The Kier molecular flexibility index (Phi) is 9.56. The number of benzene rings is 1. The fourth-order valence-corrected chi connectivity index (χ4v) is 3.72. The highest BCUT2D eigenvalue weighted by Gasteiger charge is 2.48. The van der Waals surface area contributed by atoms with Crippen LogP contribution in [0.5, 0.6) is 0 Å². The van der Waals surface area contributed by atoms with Crippen molar-refractivity contribution in [3.8, 4) is 0 Å². The van der Waals surface area contributed by atoms with Crippen LogP contribution in [0, 0.1) is 0 Å². The first-order chi connectivity index (χ1) is 16.3. The van der Waals surface area contributed by atoms with Crippen molar-refractivity contribution >= 4 is 6.09 Å². The summed E-state index contributed by atoms with van der Waals surface area (Å²) in [4.78, 5) is 12.3. The smallest absolute Gasteiger partial charge is 0.407 e. The van der Waals surface area contributed by atoms with E-state index in [2.05, 4.69) is 5.32 Å². The quantitative estimate of drug-likeness (QED) is 0.198. The van der Waals surface area contributed by atoms with Crippen LogP contribution in [0.15, 0.2) is 30.3 Å². The van der Waals surface area contributed by atoms with Crippen LogP contribution in [0.4, 0.5) is 4.79 Å². The van der Waals surface area contributed by atoms with Gasteiger partial charge in [-0.2, -0.15) is 0 Å². The fraction of sp³-hybridized carbons (Fsp3) is 0.667. The molecule has 0 aromatic heterocycles.